The van der Waals surface area contributed by atoms with Crippen molar-refractivity contribution in [3.05, 3.63) is 0 Å². The van der Waals surface area contributed by atoms with E-state index in [9.17, 15) is 4.79 Å². The zero-order chi connectivity index (χ0) is 12.3. The molecule has 1 fully saturated rings. The van der Waals surface area contributed by atoms with Crippen molar-refractivity contribution in [3.8, 4) is 0 Å². The van der Waals surface area contributed by atoms with Crippen molar-refractivity contribution in [1.29, 1.82) is 0 Å². The fourth-order valence-corrected chi connectivity index (χ4v) is 2.17. The standard InChI is InChI=1S/C13H26N2O/c1-9-5-7-13(4,8-6-9)15-12(16)10(2)11(3)14/h9-11H,5-8,14H2,1-4H3,(H,15,16). The molecule has 3 N–H and O–H groups in total. The fraction of sp³-hybridized carbons (Fsp3) is 0.923. The quantitative estimate of drug-likeness (QED) is 0.774. The van der Waals surface area contributed by atoms with Gasteiger partial charge in [0.2, 0.25) is 5.91 Å². The first-order valence-electron chi connectivity index (χ1n) is 6.42. The van der Waals surface area contributed by atoms with Gasteiger partial charge in [-0.1, -0.05) is 13.8 Å². The highest BCUT2D eigenvalue weighted by Gasteiger charge is 2.32. The maximum atomic E-state index is 11.9. The second kappa shape index (κ2) is 5.17. The Morgan fingerprint density at radius 1 is 1.38 bits per heavy atom. The molecule has 1 rings (SSSR count). The van der Waals surface area contributed by atoms with Gasteiger partial charge in [-0.3, -0.25) is 4.79 Å². The van der Waals surface area contributed by atoms with Crippen LogP contribution in [-0.2, 0) is 4.79 Å². The molecule has 1 amide bonds. The number of nitrogens with one attached hydrogen (secondary N) is 1. The minimum absolute atomic E-state index is 0.00720. The van der Waals surface area contributed by atoms with E-state index in [2.05, 4.69) is 19.2 Å². The molecule has 0 aliphatic heterocycles. The van der Waals surface area contributed by atoms with E-state index in [0.717, 1.165) is 18.8 Å². The fourth-order valence-electron chi connectivity index (χ4n) is 2.17. The summed E-state index contributed by atoms with van der Waals surface area (Å²) in [7, 11) is 0. The molecule has 0 spiro atoms. The highest BCUT2D eigenvalue weighted by molar-refractivity contribution is 5.79. The van der Waals surface area contributed by atoms with Crippen LogP contribution in [0.25, 0.3) is 0 Å². The molecule has 0 heterocycles. The number of hydrogen-bond donors (Lipinski definition) is 2. The summed E-state index contributed by atoms with van der Waals surface area (Å²) in [6, 6.07) is -0.0777. The van der Waals surface area contributed by atoms with E-state index in [-0.39, 0.29) is 23.4 Å². The first-order chi connectivity index (χ1) is 7.34. The first kappa shape index (κ1) is 13.5. The third-order valence-corrected chi connectivity index (χ3v) is 4.01. The van der Waals surface area contributed by atoms with Gasteiger partial charge in [-0.25, -0.2) is 0 Å². The molecule has 0 saturated heterocycles. The van der Waals surface area contributed by atoms with Crippen LogP contribution in [0, 0.1) is 11.8 Å². The zero-order valence-corrected chi connectivity index (χ0v) is 11.0. The minimum Gasteiger partial charge on any atom is -0.351 e. The first-order valence-corrected chi connectivity index (χ1v) is 6.42. The summed E-state index contributed by atoms with van der Waals surface area (Å²) in [6.45, 7) is 8.22. The van der Waals surface area contributed by atoms with Crippen LogP contribution >= 0.6 is 0 Å². The lowest BCUT2D eigenvalue weighted by Crippen LogP contribution is -2.51. The molecule has 0 aromatic carbocycles. The Bertz CT molecular complexity index is 242. The predicted molar refractivity (Wildman–Crippen MR) is 67.0 cm³/mol. The third kappa shape index (κ3) is 3.48. The summed E-state index contributed by atoms with van der Waals surface area (Å²) in [5.41, 5.74) is 5.74. The van der Waals surface area contributed by atoms with Crippen LogP contribution in [0.1, 0.15) is 53.4 Å². The second-order valence-corrected chi connectivity index (χ2v) is 5.88. The van der Waals surface area contributed by atoms with Crippen molar-refractivity contribution in [1.82, 2.24) is 5.32 Å². The van der Waals surface area contributed by atoms with Gasteiger partial charge in [-0.15, -0.1) is 0 Å². The van der Waals surface area contributed by atoms with Gasteiger partial charge in [0, 0.05) is 17.5 Å². The number of amides is 1. The average molecular weight is 226 g/mol. The number of carbonyl (C=O) groups is 1. The van der Waals surface area contributed by atoms with Crippen molar-refractivity contribution in [2.24, 2.45) is 17.6 Å². The lowest BCUT2D eigenvalue weighted by atomic mass is 9.78. The van der Waals surface area contributed by atoms with E-state index in [1.165, 1.54) is 12.8 Å². The molecule has 2 atom stereocenters. The lowest BCUT2D eigenvalue weighted by molar-refractivity contribution is -0.127. The smallest absolute Gasteiger partial charge is 0.224 e. The molecule has 1 aliphatic carbocycles. The summed E-state index contributed by atoms with van der Waals surface area (Å²) >= 11 is 0. The maximum Gasteiger partial charge on any atom is 0.224 e. The molecule has 0 bridgehead atoms. The van der Waals surface area contributed by atoms with Crippen LogP contribution in [-0.4, -0.2) is 17.5 Å². The Morgan fingerprint density at radius 3 is 2.31 bits per heavy atom. The molecule has 0 aromatic heterocycles. The van der Waals surface area contributed by atoms with E-state index in [0.29, 0.717) is 0 Å². The Hall–Kier alpha value is -0.570. The van der Waals surface area contributed by atoms with Gasteiger partial charge in [-0.2, -0.15) is 0 Å². The van der Waals surface area contributed by atoms with Gasteiger partial charge >= 0.3 is 0 Å². The van der Waals surface area contributed by atoms with Gasteiger partial charge in [0.1, 0.15) is 0 Å². The van der Waals surface area contributed by atoms with Gasteiger partial charge < -0.3 is 11.1 Å². The molecular weight excluding hydrogens is 200 g/mol. The maximum absolute atomic E-state index is 11.9. The van der Waals surface area contributed by atoms with Gasteiger partial charge in [0.05, 0.1) is 0 Å². The molecule has 0 radical (unpaired) electrons. The molecule has 1 aliphatic rings. The molecule has 3 nitrogen and oxygen atoms in total. The summed E-state index contributed by atoms with van der Waals surface area (Å²) in [5, 5.41) is 3.18. The monoisotopic (exact) mass is 226 g/mol. The minimum atomic E-state index is -0.101. The van der Waals surface area contributed by atoms with E-state index in [4.69, 9.17) is 5.73 Å². The Kier molecular flexibility index (Phi) is 4.36. The molecule has 2 unspecified atom stereocenters. The van der Waals surface area contributed by atoms with E-state index >= 15 is 0 Å². The van der Waals surface area contributed by atoms with Crippen molar-refractivity contribution in [3.63, 3.8) is 0 Å². The normalized spacial score (nSPS) is 34.2. The highest BCUT2D eigenvalue weighted by atomic mass is 16.2. The molecule has 16 heavy (non-hydrogen) atoms. The third-order valence-electron chi connectivity index (χ3n) is 4.01. The molecule has 1 saturated carbocycles. The van der Waals surface area contributed by atoms with Gasteiger partial charge in [0.15, 0.2) is 0 Å². The van der Waals surface area contributed by atoms with Gasteiger partial charge in [-0.05, 0) is 45.4 Å². The van der Waals surface area contributed by atoms with Crippen LogP contribution in [0.4, 0.5) is 0 Å². The Balaban J connectivity index is 2.50. The summed E-state index contributed by atoms with van der Waals surface area (Å²) in [5.74, 6) is 0.805. The topological polar surface area (TPSA) is 55.1 Å². The SMILES string of the molecule is CC1CCC(C)(NC(=O)C(C)C(C)N)CC1. The number of carbonyl (C=O) groups excluding carboxylic acids is 1. The molecule has 94 valence electrons. The number of hydrogen-bond acceptors (Lipinski definition) is 2. The largest absolute Gasteiger partial charge is 0.351 e. The van der Waals surface area contributed by atoms with Crippen molar-refractivity contribution in [2.75, 3.05) is 0 Å². The lowest BCUT2D eigenvalue weighted by Gasteiger charge is -2.38. The van der Waals surface area contributed by atoms with E-state index < -0.39 is 0 Å². The molecule has 0 aromatic rings. The Morgan fingerprint density at radius 2 is 1.88 bits per heavy atom. The summed E-state index contributed by atoms with van der Waals surface area (Å²) < 4.78 is 0. The van der Waals surface area contributed by atoms with Crippen LogP contribution in [0.5, 0.6) is 0 Å². The zero-order valence-electron chi connectivity index (χ0n) is 11.0. The molecular formula is C13H26N2O. The summed E-state index contributed by atoms with van der Waals surface area (Å²) in [6.07, 6.45) is 4.60. The molecule has 3 heteroatoms. The highest BCUT2D eigenvalue weighted by Crippen LogP contribution is 2.31. The number of rotatable bonds is 3. The van der Waals surface area contributed by atoms with Gasteiger partial charge in [0.25, 0.3) is 0 Å². The van der Waals surface area contributed by atoms with Crippen LogP contribution in [0.2, 0.25) is 0 Å². The van der Waals surface area contributed by atoms with Crippen LogP contribution < -0.4 is 11.1 Å². The van der Waals surface area contributed by atoms with E-state index in [1.807, 2.05) is 13.8 Å². The van der Waals surface area contributed by atoms with Crippen LogP contribution in [0.15, 0.2) is 0 Å². The van der Waals surface area contributed by atoms with Crippen molar-refractivity contribution < 1.29 is 4.79 Å². The average Bonchev–Trinajstić information content (AvgIpc) is 2.21. The Labute approximate surface area is 99.2 Å². The van der Waals surface area contributed by atoms with Crippen molar-refractivity contribution >= 4 is 5.91 Å². The summed E-state index contributed by atoms with van der Waals surface area (Å²) in [4.78, 5) is 11.9. The van der Waals surface area contributed by atoms with Crippen molar-refractivity contribution in [2.45, 2.75) is 65.0 Å². The van der Waals surface area contributed by atoms with E-state index in [1.54, 1.807) is 0 Å². The predicted octanol–water partition coefficient (Wildman–Crippen LogP) is 2.05. The number of nitrogens with two attached hydrogens (primary N) is 1. The second-order valence-electron chi connectivity index (χ2n) is 5.88. The van der Waals surface area contributed by atoms with Crippen LogP contribution in [0.3, 0.4) is 0 Å².